The topological polar surface area (TPSA) is 18.5 Å². The van der Waals surface area contributed by atoms with E-state index >= 15 is 0 Å². The number of hydrogen-bond donors (Lipinski definition) is 0. The van der Waals surface area contributed by atoms with Gasteiger partial charge in [0, 0.05) is 5.56 Å². The highest BCUT2D eigenvalue weighted by atomic mass is 16.5. The van der Waals surface area contributed by atoms with Crippen molar-refractivity contribution in [1.82, 2.24) is 0 Å². The Hall–Kier alpha value is -1.62. The summed E-state index contributed by atoms with van der Waals surface area (Å²) in [7, 11) is 3.23. The van der Waals surface area contributed by atoms with Gasteiger partial charge in [-0.15, -0.1) is 6.42 Å². The molecule has 0 radical (unpaired) electrons. The molecule has 0 aliphatic rings. The van der Waals surface area contributed by atoms with E-state index < -0.39 is 0 Å². The summed E-state index contributed by atoms with van der Waals surface area (Å²) in [5.74, 6) is 4.17. The van der Waals surface area contributed by atoms with Gasteiger partial charge >= 0.3 is 0 Å². The van der Waals surface area contributed by atoms with Crippen molar-refractivity contribution in [3.8, 4) is 23.8 Å². The van der Waals surface area contributed by atoms with Gasteiger partial charge < -0.3 is 9.47 Å². The molecule has 0 saturated heterocycles. The maximum absolute atomic E-state index is 5.51. The van der Waals surface area contributed by atoms with Crippen LogP contribution in [0.4, 0.5) is 0 Å². The molecular weight excluding hydrogens is 188 g/mol. The van der Waals surface area contributed by atoms with E-state index in [1.54, 1.807) is 14.2 Å². The number of rotatable bonds is 3. The second-order valence-corrected chi connectivity index (χ2v) is 3.81. The summed E-state index contributed by atoms with van der Waals surface area (Å²) in [5, 5.41) is 0. The maximum atomic E-state index is 5.51. The predicted octanol–water partition coefficient (Wildman–Crippen LogP) is 2.61. The van der Waals surface area contributed by atoms with Crippen LogP contribution in [0.25, 0.3) is 0 Å². The summed E-state index contributed by atoms with van der Waals surface area (Å²) in [5.41, 5.74) is 0.603. The molecule has 1 rings (SSSR count). The molecule has 0 aliphatic carbocycles. The highest BCUT2D eigenvalue weighted by Gasteiger charge is 2.23. The molecule has 0 aromatic heterocycles. The molecule has 0 atom stereocenters. The van der Waals surface area contributed by atoms with Crippen LogP contribution in [0.1, 0.15) is 19.4 Å². The van der Waals surface area contributed by atoms with Crippen LogP contribution in [0.2, 0.25) is 0 Å². The molecule has 1 aromatic rings. The SMILES string of the molecule is C#CC(C)(C)c1cccc(OC)c1OC. The molecule has 0 bridgehead atoms. The van der Waals surface area contributed by atoms with Gasteiger partial charge in [0.05, 0.1) is 19.6 Å². The zero-order valence-corrected chi connectivity index (χ0v) is 9.63. The fourth-order valence-corrected chi connectivity index (χ4v) is 1.46. The van der Waals surface area contributed by atoms with E-state index in [1.165, 1.54) is 0 Å². The first-order valence-corrected chi connectivity index (χ1v) is 4.76. The third-order valence-electron chi connectivity index (χ3n) is 2.44. The molecule has 0 N–H and O–H groups in total. The van der Waals surface area contributed by atoms with E-state index in [4.69, 9.17) is 15.9 Å². The molecule has 15 heavy (non-hydrogen) atoms. The predicted molar refractivity (Wildman–Crippen MR) is 61.4 cm³/mol. The zero-order chi connectivity index (χ0) is 11.5. The third-order valence-corrected chi connectivity index (χ3v) is 2.44. The Balaban J connectivity index is 3.37. The molecule has 0 fully saturated rings. The molecule has 0 aliphatic heterocycles. The largest absolute Gasteiger partial charge is 0.493 e. The zero-order valence-electron chi connectivity index (χ0n) is 9.63. The maximum Gasteiger partial charge on any atom is 0.165 e. The fourth-order valence-electron chi connectivity index (χ4n) is 1.46. The number of ether oxygens (including phenoxy) is 2. The summed E-state index contributed by atoms with van der Waals surface area (Å²) in [6, 6.07) is 5.73. The van der Waals surface area contributed by atoms with Crippen LogP contribution in [0, 0.1) is 12.3 Å². The van der Waals surface area contributed by atoms with E-state index in [0.29, 0.717) is 11.5 Å². The molecule has 0 unspecified atom stereocenters. The van der Waals surface area contributed by atoms with Crippen LogP contribution in [-0.4, -0.2) is 14.2 Å². The fraction of sp³-hybridized carbons (Fsp3) is 0.385. The number of hydrogen-bond acceptors (Lipinski definition) is 2. The van der Waals surface area contributed by atoms with E-state index in [2.05, 4.69) is 5.92 Å². The minimum atomic E-state index is -0.361. The van der Waals surface area contributed by atoms with Gasteiger partial charge in [-0.3, -0.25) is 0 Å². The van der Waals surface area contributed by atoms with E-state index in [-0.39, 0.29) is 5.41 Å². The van der Waals surface area contributed by atoms with Gasteiger partial charge in [-0.2, -0.15) is 0 Å². The molecule has 1 aromatic carbocycles. The minimum absolute atomic E-state index is 0.361. The van der Waals surface area contributed by atoms with Crippen LogP contribution in [0.3, 0.4) is 0 Å². The molecule has 0 saturated carbocycles. The number of methoxy groups -OCH3 is 2. The van der Waals surface area contributed by atoms with Gasteiger partial charge in [0.25, 0.3) is 0 Å². The summed E-state index contributed by atoms with van der Waals surface area (Å²) >= 11 is 0. The Labute approximate surface area is 91.2 Å². The Bertz CT molecular complexity index is 386. The van der Waals surface area contributed by atoms with Crippen molar-refractivity contribution in [1.29, 1.82) is 0 Å². The number of benzene rings is 1. The highest BCUT2D eigenvalue weighted by Crippen LogP contribution is 2.37. The second-order valence-electron chi connectivity index (χ2n) is 3.81. The highest BCUT2D eigenvalue weighted by molar-refractivity contribution is 5.52. The van der Waals surface area contributed by atoms with Gasteiger partial charge in [0.1, 0.15) is 0 Å². The van der Waals surface area contributed by atoms with Crippen LogP contribution in [-0.2, 0) is 5.41 Å². The molecule has 2 nitrogen and oxygen atoms in total. The monoisotopic (exact) mass is 204 g/mol. The molecular formula is C13H16O2. The van der Waals surface area contributed by atoms with Crippen molar-refractivity contribution in [2.45, 2.75) is 19.3 Å². The van der Waals surface area contributed by atoms with E-state index in [1.807, 2.05) is 32.0 Å². The average molecular weight is 204 g/mol. The Morgan fingerprint density at radius 1 is 1.20 bits per heavy atom. The first kappa shape index (κ1) is 11.5. The third kappa shape index (κ3) is 2.07. The minimum Gasteiger partial charge on any atom is -0.493 e. The van der Waals surface area contributed by atoms with Crippen molar-refractivity contribution in [3.05, 3.63) is 23.8 Å². The Kier molecular flexibility index (Phi) is 3.26. The lowest BCUT2D eigenvalue weighted by atomic mass is 9.85. The molecule has 0 amide bonds. The van der Waals surface area contributed by atoms with Crippen molar-refractivity contribution in [2.24, 2.45) is 0 Å². The normalized spacial score (nSPS) is 10.6. The lowest BCUT2D eigenvalue weighted by Gasteiger charge is -2.22. The smallest absolute Gasteiger partial charge is 0.165 e. The Morgan fingerprint density at radius 2 is 1.87 bits per heavy atom. The van der Waals surface area contributed by atoms with Crippen molar-refractivity contribution < 1.29 is 9.47 Å². The summed E-state index contributed by atoms with van der Waals surface area (Å²) in [6.45, 7) is 3.95. The lowest BCUT2D eigenvalue weighted by Crippen LogP contribution is -2.15. The number of terminal acetylenes is 1. The molecule has 0 heterocycles. The summed E-state index contributed by atoms with van der Waals surface area (Å²) < 4.78 is 10.6. The standard InChI is InChI=1S/C13H16O2/c1-6-13(2,3)10-8-7-9-11(14-4)12(10)15-5/h1,7-9H,2-5H3. The Morgan fingerprint density at radius 3 is 2.33 bits per heavy atom. The van der Waals surface area contributed by atoms with Crippen molar-refractivity contribution >= 4 is 0 Å². The van der Waals surface area contributed by atoms with Gasteiger partial charge in [-0.1, -0.05) is 18.1 Å². The average Bonchev–Trinajstić information content (AvgIpc) is 2.27. The van der Waals surface area contributed by atoms with Crippen LogP contribution in [0.5, 0.6) is 11.5 Å². The van der Waals surface area contributed by atoms with Crippen LogP contribution >= 0.6 is 0 Å². The molecule has 0 spiro atoms. The first-order valence-electron chi connectivity index (χ1n) is 4.76. The van der Waals surface area contributed by atoms with E-state index in [0.717, 1.165) is 5.56 Å². The quantitative estimate of drug-likeness (QED) is 0.705. The van der Waals surface area contributed by atoms with Gasteiger partial charge in [-0.25, -0.2) is 0 Å². The second kappa shape index (κ2) is 4.27. The number of para-hydroxylation sites is 1. The molecule has 2 heteroatoms. The summed E-state index contributed by atoms with van der Waals surface area (Å²) in [4.78, 5) is 0. The van der Waals surface area contributed by atoms with Crippen molar-refractivity contribution in [3.63, 3.8) is 0 Å². The molecule has 80 valence electrons. The van der Waals surface area contributed by atoms with Crippen LogP contribution < -0.4 is 9.47 Å². The summed E-state index contributed by atoms with van der Waals surface area (Å²) in [6.07, 6.45) is 5.51. The van der Waals surface area contributed by atoms with Crippen LogP contribution in [0.15, 0.2) is 18.2 Å². The lowest BCUT2D eigenvalue weighted by molar-refractivity contribution is 0.348. The van der Waals surface area contributed by atoms with E-state index in [9.17, 15) is 0 Å². The van der Waals surface area contributed by atoms with Gasteiger partial charge in [0.15, 0.2) is 11.5 Å². The van der Waals surface area contributed by atoms with Crippen molar-refractivity contribution in [2.75, 3.05) is 14.2 Å². The van der Waals surface area contributed by atoms with Gasteiger partial charge in [-0.05, 0) is 19.9 Å². The first-order chi connectivity index (χ1) is 7.06. The van der Waals surface area contributed by atoms with Gasteiger partial charge in [0.2, 0.25) is 0 Å².